The van der Waals surface area contributed by atoms with Gasteiger partial charge in [0.2, 0.25) is 15.9 Å². The Hall–Kier alpha value is -1.86. The van der Waals surface area contributed by atoms with E-state index in [1.807, 2.05) is 0 Å². The number of aromatic nitrogens is 2. The minimum Gasteiger partial charge on any atom is -0.472 e. The predicted octanol–water partition coefficient (Wildman–Crippen LogP) is 2.75. The van der Waals surface area contributed by atoms with Gasteiger partial charge in [-0.25, -0.2) is 27.3 Å². The van der Waals surface area contributed by atoms with Crippen LogP contribution in [0.15, 0.2) is 29.4 Å². The largest absolute Gasteiger partial charge is 0.472 e. The number of halogens is 2. The van der Waals surface area contributed by atoms with Crippen molar-refractivity contribution < 1.29 is 31.4 Å². The number of hydrogen-bond acceptors (Lipinski definition) is 8. The second-order valence-corrected chi connectivity index (χ2v) is 10.0. The Morgan fingerprint density at radius 3 is 2.74 bits per heavy atom. The van der Waals surface area contributed by atoms with E-state index in [1.54, 1.807) is 20.8 Å². The van der Waals surface area contributed by atoms with Gasteiger partial charge >= 0.3 is 0 Å². The molecule has 8 nitrogen and oxygen atoms in total. The summed E-state index contributed by atoms with van der Waals surface area (Å²) in [5.41, 5.74) is 0.242. The molecule has 170 valence electrons. The summed E-state index contributed by atoms with van der Waals surface area (Å²) >= 11 is 1.01. The molecule has 1 aliphatic heterocycles. The van der Waals surface area contributed by atoms with E-state index in [0.717, 1.165) is 17.8 Å². The molecule has 0 saturated carbocycles. The minimum atomic E-state index is -3.86. The molecule has 3 rings (SSSR count). The summed E-state index contributed by atoms with van der Waals surface area (Å²) in [5, 5.41) is 5.27. The van der Waals surface area contributed by atoms with E-state index in [9.17, 15) is 17.2 Å². The summed E-state index contributed by atoms with van der Waals surface area (Å²) < 4.78 is 67.5. The zero-order valence-electron chi connectivity index (χ0n) is 17.2. The van der Waals surface area contributed by atoms with Crippen LogP contribution in [0.1, 0.15) is 32.0 Å². The van der Waals surface area contributed by atoms with Gasteiger partial charge in [0.15, 0.2) is 22.6 Å². The molecule has 0 aliphatic carbocycles. The van der Waals surface area contributed by atoms with Crippen LogP contribution < -0.4 is 9.88 Å². The lowest BCUT2D eigenvalue weighted by molar-refractivity contribution is -0.147. The second kappa shape index (κ2) is 9.33. The standard InChI is InChI=1S/C19H23F2N3O5S2/c1-11(15-8-27-19(2,3)29-15)28-16-7-13(10-31(22,25)26)23-18(24-16)30-9-12-5-4-6-14(20)17(12)21/h4-7,11,15H,8-10H2,1-3H3,(H2,22,25,26)/t11-,15-/m1/s1. The first-order valence-corrected chi connectivity index (χ1v) is 12.0. The van der Waals surface area contributed by atoms with Crippen LogP contribution in [0.4, 0.5) is 8.78 Å². The molecule has 0 amide bonds. The quantitative estimate of drug-likeness (QED) is 0.458. The third-order valence-corrected chi connectivity index (χ3v) is 5.93. The maximum Gasteiger partial charge on any atom is 0.217 e. The maximum absolute atomic E-state index is 13.9. The van der Waals surface area contributed by atoms with E-state index in [-0.39, 0.29) is 34.2 Å². The maximum atomic E-state index is 13.9. The molecule has 1 aromatic heterocycles. The van der Waals surface area contributed by atoms with Gasteiger partial charge in [-0.05, 0) is 26.8 Å². The van der Waals surface area contributed by atoms with Crippen molar-refractivity contribution in [2.75, 3.05) is 6.61 Å². The van der Waals surface area contributed by atoms with E-state index in [0.29, 0.717) is 6.61 Å². The average Bonchev–Trinajstić information content (AvgIpc) is 3.01. The highest BCUT2D eigenvalue weighted by Crippen LogP contribution is 2.28. The molecule has 2 N–H and O–H groups in total. The van der Waals surface area contributed by atoms with Crippen molar-refractivity contribution in [3.05, 3.63) is 47.2 Å². The Labute approximate surface area is 183 Å². The molecule has 1 aromatic carbocycles. The van der Waals surface area contributed by atoms with E-state index in [4.69, 9.17) is 19.3 Å². The molecule has 0 bridgehead atoms. The molecule has 0 spiro atoms. The van der Waals surface area contributed by atoms with Crippen LogP contribution in [0.3, 0.4) is 0 Å². The van der Waals surface area contributed by atoms with Crippen LogP contribution in [0.2, 0.25) is 0 Å². The lowest BCUT2D eigenvalue weighted by Gasteiger charge is -2.22. The fourth-order valence-corrected chi connectivity index (χ4v) is 4.27. The van der Waals surface area contributed by atoms with Gasteiger partial charge in [-0.2, -0.15) is 4.98 Å². The molecule has 1 saturated heterocycles. The van der Waals surface area contributed by atoms with Gasteiger partial charge in [0.1, 0.15) is 18.0 Å². The van der Waals surface area contributed by atoms with Gasteiger partial charge in [0.05, 0.1) is 12.3 Å². The molecule has 0 radical (unpaired) electrons. The Kier molecular flexibility index (Phi) is 7.16. The van der Waals surface area contributed by atoms with Crippen LogP contribution in [0.25, 0.3) is 0 Å². The summed E-state index contributed by atoms with van der Waals surface area (Å²) in [6, 6.07) is 5.23. The molecule has 2 heterocycles. The third-order valence-electron chi connectivity index (χ3n) is 4.33. The molecule has 2 aromatic rings. The number of hydrogen-bond donors (Lipinski definition) is 1. The van der Waals surface area contributed by atoms with Crippen molar-refractivity contribution in [1.29, 1.82) is 0 Å². The number of benzene rings is 1. The van der Waals surface area contributed by atoms with Gasteiger partial charge in [0.25, 0.3) is 0 Å². The molecule has 1 aliphatic rings. The number of thioether (sulfide) groups is 1. The van der Waals surface area contributed by atoms with Crippen molar-refractivity contribution in [3.63, 3.8) is 0 Å². The highest BCUT2D eigenvalue weighted by Gasteiger charge is 2.37. The molecule has 1 fully saturated rings. The lowest BCUT2D eigenvalue weighted by Crippen LogP contribution is -2.33. The highest BCUT2D eigenvalue weighted by atomic mass is 32.2. The van der Waals surface area contributed by atoms with E-state index in [1.165, 1.54) is 18.2 Å². The number of nitrogens with zero attached hydrogens (tertiary/aromatic N) is 2. The first-order valence-electron chi connectivity index (χ1n) is 9.34. The monoisotopic (exact) mass is 475 g/mol. The van der Waals surface area contributed by atoms with Crippen LogP contribution in [0.5, 0.6) is 5.88 Å². The van der Waals surface area contributed by atoms with Crippen molar-refractivity contribution >= 4 is 21.8 Å². The van der Waals surface area contributed by atoms with E-state index < -0.39 is 39.3 Å². The van der Waals surface area contributed by atoms with Crippen LogP contribution in [-0.4, -0.2) is 43.0 Å². The second-order valence-electron chi connectivity index (χ2n) is 7.48. The number of sulfonamides is 1. The van der Waals surface area contributed by atoms with Crippen LogP contribution in [-0.2, 0) is 31.0 Å². The van der Waals surface area contributed by atoms with Crippen LogP contribution >= 0.6 is 11.8 Å². The predicted molar refractivity (Wildman–Crippen MR) is 110 cm³/mol. The average molecular weight is 476 g/mol. The zero-order valence-corrected chi connectivity index (χ0v) is 18.8. The third kappa shape index (κ3) is 6.81. The number of primary sulfonamides is 1. The van der Waals surface area contributed by atoms with Crippen molar-refractivity contribution in [1.82, 2.24) is 9.97 Å². The van der Waals surface area contributed by atoms with Gasteiger partial charge in [-0.15, -0.1) is 0 Å². The normalized spacial score (nSPS) is 19.4. The van der Waals surface area contributed by atoms with Crippen LogP contribution in [0, 0.1) is 11.6 Å². The molecular weight excluding hydrogens is 452 g/mol. The zero-order chi connectivity index (χ0) is 22.8. The van der Waals surface area contributed by atoms with E-state index >= 15 is 0 Å². The Morgan fingerprint density at radius 2 is 2.10 bits per heavy atom. The topological polar surface area (TPSA) is 114 Å². The number of rotatable bonds is 8. The fraction of sp³-hybridized carbons (Fsp3) is 0.474. The molecule has 0 unspecified atom stereocenters. The number of ether oxygens (including phenoxy) is 3. The molecule has 31 heavy (non-hydrogen) atoms. The first kappa shape index (κ1) is 23.8. The lowest BCUT2D eigenvalue weighted by atomic mass is 10.2. The van der Waals surface area contributed by atoms with Crippen molar-refractivity contribution in [2.24, 2.45) is 5.14 Å². The van der Waals surface area contributed by atoms with Gasteiger partial charge in [-0.3, -0.25) is 0 Å². The molecular formula is C19H23F2N3O5S2. The summed E-state index contributed by atoms with van der Waals surface area (Å²) in [4.78, 5) is 8.41. The first-order chi connectivity index (χ1) is 14.4. The molecule has 12 heteroatoms. The van der Waals surface area contributed by atoms with E-state index in [2.05, 4.69) is 9.97 Å². The summed E-state index contributed by atoms with van der Waals surface area (Å²) in [6.45, 7) is 5.67. The summed E-state index contributed by atoms with van der Waals surface area (Å²) in [7, 11) is -3.86. The smallest absolute Gasteiger partial charge is 0.217 e. The Bertz CT molecular complexity index is 1050. The Morgan fingerprint density at radius 1 is 1.35 bits per heavy atom. The van der Waals surface area contributed by atoms with Crippen molar-refractivity contribution in [3.8, 4) is 5.88 Å². The van der Waals surface area contributed by atoms with Gasteiger partial charge in [-0.1, -0.05) is 23.9 Å². The summed E-state index contributed by atoms with van der Waals surface area (Å²) in [6.07, 6.45) is -0.818. The SMILES string of the molecule is C[C@@H](Oc1cc(CS(N)(=O)=O)nc(SCc2cccc(F)c2F)n1)[C@H]1COC(C)(C)O1. The minimum absolute atomic E-state index is 0.0329. The fourth-order valence-electron chi connectivity index (χ4n) is 2.87. The Balaban J connectivity index is 1.80. The molecule has 2 atom stereocenters. The van der Waals surface area contributed by atoms with Gasteiger partial charge < -0.3 is 14.2 Å². The summed E-state index contributed by atoms with van der Waals surface area (Å²) in [5.74, 6) is -3.04. The highest BCUT2D eigenvalue weighted by molar-refractivity contribution is 7.98. The van der Waals surface area contributed by atoms with Crippen molar-refractivity contribution in [2.45, 2.75) is 55.4 Å². The van der Waals surface area contributed by atoms with Gasteiger partial charge in [0, 0.05) is 17.4 Å². The number of nitrogens with two attached hydrogens (primary N) is 1.